The summed E-state index contributed by atoms with van der Waals surface area (Å²) in [5.74, 6) is 1.26. The number of hydrogen-bond acceptors (Lipinski definition) is 4. The molecule has 1 heterocycles. The molecule has 15 heavy (non-hydrogen) atoms. The van der Waals surface area contributed by atoms with Gasteiger partial charge in [0.05, 0.1) is 0 Å². The second kappa shape index (κ2) is 4.00. The molecule has 0 amide bonds. The van der Waals surface area contributed by atoms with Gasteiger partial charge in [0, 0.05) is 13.1 Å². The normalized spacial score (nSPS) is 20.0. The van der Waals surface area contributed by atoms with E-state index in [0.717, 1.165) is 5.92 Å². The molecule has 1 aliphatic rings. The van der Waals surface area contributed by atoms with Gasteiger partial charge in [0.2, 0.25) is 5.89 Å². The highest BCUT2D eigenvalue weighted by atomic mass is 35.5. The third-order valence-electron chi connectivity index (χ3n) is 2.99. The van der Waals surface area contributed by atoms with Crippen LogP contribution in [0.5, 0.6) is 0 Å². The van der Waals surface area contributed by atoms with E-state index in [9.17, 15) is 0 Å². The lowest BCUT2D eigenvalue weighted by molar-refractivity contribution is 0.467. The molecule has 2 rings (SSSR count). The lowest BCUT2D eigenvalue weighted by Crippen LogP contribution is -2.30. The van der Waals surface area contributed by atoms with Gasteiger partial charge in [-0.25, -0.2) is 0 Å². The Balaban J connectivity index is 2.07. The Morgan fingerprint density at radius 3 is 2.53 bits per heavy atom. The number of aromatic nitrogens is 2. The Bertz CT molecular complexity index is 335. The third kappa shape index (κ3) is 2.25. The van der Waals surface area contributed by atoms with E-state index in [1.807, 2.05) is 18.9 Å². The summed E-state index contributed by atoms with van der Waals surface area (Å²) in [6, 6.07) is 1.03. The topological polar surface area (TPSA) is 42.2 Å². The average Bonchev–Trinajstić information content (AvgIpc) is 2.93. The van der Waals surface area contributed by atoms with Crippen LogP contribution in [0, 0.1) is 5.92 Å². The molecule has 1 saturated carbocycles. The minimum atomic E-state index is -0.226. The van der Waals surface area contributed by atoms with E-state index in [4.69, 9.17) is 16.0 Å². The molecule has 1 aromatic rings. The van der Waals surface area contributed by atoms with Crippen molar-refractivity contribution >= 4 is 17.6 Å². The van der Waals surface area contributed by atoms with Crippen LogP contribution in [0.3, 0.4) is 0 Å². The van der Waals surface area contributed by atoms with Crippen molar-refractivity contribution in [1.29, 1.82) is 0 Å². The van der Waals surface area contributed by atoms with Crippen molar-refractivity contribution in [3.05, 3.63) is 5.89 Å². The molecule has 0 saturated heterocycles. The zero-order valence-corrected chi connectivity index (χ0v) is 10.0. The van der Waals surface area contributed by atoms with Crippen LogP contribution in [0.25, 0.3) is 0 Å². The monoisotopic (exact) mass is 229 g/mol. The Labute approximate surface area is 94.6 Å². The standard InChI is InChI=1S/C10H16ClN3O/c1-6(11)9-12-13-10(15-9)14(3)7(2)8-4-5-8/h6-8H,4-5H2,1-3H3. The molecule has 4 nitrogen and oxygen atoms in total. The van der Waals surface area contributed by atoms with Crippen molar-refractivity contribution in [2.75, 3.05) is 11.9 Å². The van der Waals surface area contributed by atoms with E-state index in [1.165, 1.54) is 12.8 Å². The lowest BCUT2D eigenvalue weighted by Gasteiger charge is -2.22. The van der Waals surface area contributed by atoms with E-state index in [1.54, 1.807) is 0 Å². The first-order valence-electron chi connectivity index (χ1n) is 5.30. The summed E-state index contributed by atoms with van der Waals surface area (Å²) in [7, 11) is 1.99. The highest BCUT2D eigenvalue weighted by Gasteiger charge is 2.32. The summed E-state index contributed by atoms with van der Waals surface area (Å²) < 4.78 is 5.48. The largest absolute Gasteiger partial charge is 0.406 e. The molecular formula is C10H16ClN3O. The Kier molecular flexibility index (Phi) is 2.87. The van der Waals surface area contributed by atoms with Crippen molar-refractivity contribution in [3.63, 3.8) is 0 Å². The van der Waals surface area contributed by atoms with Gasteiger partial charge in [0.15, 0.2) is 0 Å². The van der Waals surface area contributed by atoms with Crippen molar-refractivity contribution in [2.24, 2.45) is 5.92 Å². The van der Waals surface area contributed by atoms with Crippen molar-refractivity contribution in [2.45, 2.75) is 38.1 Å². The minimum Gasteiger partial charge on any atom is -0.406 e. The van der Waals surface area contributed by atoms with Gasteiger partial charge in [-0.05, 0) is 32.6 Å². The number of hydrogen-bond donors (Lipinski definition) is 0. The quantitative estimate of drug-likeness (QED) is 0.745. The summed E-state index contributed by atoms with van der Waals surface area (Å²) in [5, 5.41) is 7.68. The van der Waals surface area contributed by atoms with E-state index >= 15 is 0 Å². The molecule has 2 atom stereocenters. The molecule has 1 aliphatic carbocycles. The summed E-state index contributed by atoms with van der Waals surface area (Å²) in [5.41, 5.74) is 0. The molecule has 5 heteroatoms. The Morgan fingerprint density at radius 2 is 2.07 bits per heavy atom. The minimum absolute atomic E-state index is 0.226. The van der Waals surface area contributed by atoms with Crippen LogP contribution in [0.2, 0.25) is 0 Å². The molecule has 84 valence electrons. The highest BCUT2D eigenvalue weighted by Crippen LogP contribution is 2.36. The van der Waals surface area contributed by atoms with Crippen LogP contribution in [-0.2, 0) is 0 Å². The number of halogens is 1. The third-order valence-corrected chi connectivity index (χ3v) is 3.17. The first-order valence-corrected chi connectivity index (χ1v) is 5.73. The van der Waals surface area contributed by atoms with Crippen LogP contribution in [-0.4, -0.2) is 23.3 Å². The molecule has 2 unspecified atom stereocenters. The molecule has 1 fully saturated rings. The van der Waals surface area contributed by atoms with Crippen molar-refractivity contribution < 1.29 is 4.42 Å². The number of anilines is 1. The van der Waals surface area contributed by atoms with Crippen LogP contribution in [0.1, 0.15) is 38.0 Å². The number of nitrogens with zero attached hydrogens (tertiary/aromatic N) is 3. The summed E-state index contributed by atoms with van der Waals surface area (Å²) in [6.07, 6.45) is 2.61. The van der Waals surface area contributed by atoms with Crippen LogP contribution in [0.4, 0.5) is 6.01 Å². The fraction of sp³-hybridized carbons (Fsp3) is 0.800. The van der Waals surface area contributed by atoms with E-state index in [2.05, 4.69) is 17.1 Å². The Hall–Kier alpha value is -0.770. The molecule has 1 aromatic heterocycles. The maximum atomic E-state index is 5.86. The van der Waals surface area contributed by atoms with E-state index < -0.39 is 0 Å². The van der Waals surface area contributed by atoms with Gasteiger partial charge in [0.1, 0.15) is 5.38 Å². The number of rotatable bonds is 4. The first kappa shape index (κ1) is 10.7. The van der Waals surface area contributed by atoms with Gasteiger partial charge in [0.25, 0.3) is 0 Å². The second-order valence-corrected chi connectivity index (χ2v) is 4.88. The summed E-state index contributed by atoms with van der Waals surface area (Å²) in [6.45, 7) is 4.01. The molecular weight excluding hydrogens is 214 g/mol. The molecule has 0 radical (unpaired) electrons. The molecule has 0 spiro atoms. The van der Waals surface area contributed by atoms with Crippen molar-refractivity contribution in [1.82, 2.24) is 10.2 Å². The fourth-order valence-electron chi connectivity index (χ4n) is 1.60. The lowest BCUT2D eigenvalue weighted by atomic mass is 10.2. The van der Waals surface area contributed by atoms with Gasteiger partial charge < -0.3 is 9.32 Å². The Morgan fingerprint density at radius 1 is 1.40 bits per heavy atom. The van der Waals surface area contributed by atoms with Gasteiger partial charge in [-0.2, -0.15) is 0 Å². The predicted molar refractivity (Wildman–Crippen MR) is 59.2 cm³/mol. The van der Waals surface area contributed by atoms with Crippen LogP contribution >= 0.6 is 11.6 Å². The molecule has 0 N–H and O–H groups in total. The van der Waals surface area contributed by atoms with Gasteiger partial charge in [-0.3, -0.25) is 0 Å². The maximum absolute atomic E-state index is 5.86. The maximum Gasteiger partial charge on any atom is 0.318 e. The SMILES string of the molecule is CC(Cl)c1nnc(N(C)C(C)C2CC2)o1. The average molecular weight is 230 g/mol. The van der Waals surface area contributed by atoms with Gasteiger partial charge >= 0.3 is 6.01 Å². The molecule has 0 bridgehead atoms. The smallest absolute Gasteiger partial charge is 0.318 e. The second-order valence-electron chi connectivity index (χ2n) is 4.23. The van der Waals surface area contributed by atoms with Crippen LogP contribution < -0.4 is 4.90 Å². The zero-order chi connectivity index (χ0) is 11.0. The van der Waals surface area contributed by atoms with Crippen LogP contribution in [0.15, 0.2) is 4.42 Å². The molecule has 0 aromatic carbocycles. The first-order chi connectivity index (χ1) is 7.09. The zero-order valence-electron chi connectivity index (χ0n) is 9.27. The predicted octanol–water partition coefficient (Wildman–Crippen LogP) is 2.60. The van der Waals surface area contributed by atoms with Crippen molar-refractivity contribution in [3.8, 4) is 0 Å². The van der Waals surface area contributed by atoms with E-state index in [-0.39, 0.29) is 5.38 Å². The van der Waals surface area contributed by atoms with E-state index in [0.29, 0.717) is 17.9 Å². The fourth-order valence-corrected chi connectivity index (χ4v) is 1.69. The summed E-state index contributed by atoms with van der Waals surface area (Å²) >= 11 is 5.86. The summed E-state index contributed by atoms with van der Waals surface area (Å²) in [4.78, 5) is 2.04. The highest BCUT2D eigenvalue weighted by molar-refractivity contribution is 6.20. The number of alkyl halides is 1. The molecule has 0 aliphatic heterocycles. The van der Waals surface area contributed by atoms with Gasteiger partial charge in [-0.1, -0.05) is 5.10 Å². The van der Waals surface area contributed by atoms with Gasteiger partial charge in [-0.15, -0.1) is 16.7 Å².